The molecule has 0 spiro atoms. The second kappa shape index (κ2) is 5.06. The number of carbonyl (C=O) groups excluding carboxylic acids is 1. The third kappa shape index (κ3) is 2.52. The molecule has 114 valence electrons. The maximum atomic E-state index is 13.5. The van der Waals surface area contributed by atoms with Crippen molar-refractivity contribution in [2.24, 2.45) is 0 Å². The molecule has 0 aliphatic carbocycles. The molecular weight excluding hydrogens is 316 g/mol. The van der Waals surface area contributed by atoms with Gasteiger partial charge in [-0.15, -0.1) is 0 Å². The van der Waals surface area contributed by atoms with Gasteiger partial charge in [-0.25, -0.2) is 22.0 Å². The van der Waals surface area contributed by atoms with Gasteiger partial charge in [-0.1, -0.05) is 6.07 Å². The summed E-state index contributed by atoms with van der Waals surface area (Å²) in [5.41, 5.74) is 0.201. The van der Waals surface area contributed by atoms with E-state index in [9.17, 15) is 22.0 Å². The number of ether oxygens (including phenoxy) is 1. The van der Waals surface area contributed by atoms with Gasteiger partial charge in [0.2, 0.25) is 0 Å². The zero-order valence-electron chi connectivity index (χ0n) is 11.0. The fraction of sp³-hybridized carbons (Fsp3) is 0.0714. The van der Waals surface area contributed by atoms with Crippen molar-refractivity contribution in [3.05, 3.63) is 59.2 Å². The Hall–Kier alpha value is -2.48. The molecule has 3 rings (SSSR count). The van der Waals surface area contributed by atoms with Crippen molar-refractivity contribution in [1.82, 2.24) is 0 Å². The third-order valence-corrected chi connectivity index (χ3v) is 4.51. The predicted molar refractivity (Wildman–Crippen MR) is 72.7 cm³/mol. The first-order valence-electron chi connectivity index (χ1n) is 6.15. The molecule has 8 heteroatoms. The van der Waals surface area contributed by atoms with Crippen LogP contribution in [-0.4, -0.2) is 14.4 Å². The highest BCUT2D eigenvalue weighted by molar-refractivity contribution is 7.92. The molecule has 1 aliphatic heterocycles. The molecule has 1 N–H and O–H groups in total. The van der Waals surface area contributed by atoms with E-state index in [0.717, 1.165) is 24.3 Å². The summed E-state index contributed by atoms with van der Waals surface area (Å²) in [7, 11) is -4.16. The van der Waals surface area contributed by atoms with E-state index in [1.165, 1.54) is 12.1 Å². The van der Waals surface area contributed by atoms with E-state index in [1.54, 1.807) is 0 Å². The largest absolute Gasteiger partial charge is 0.457 e. The van der Waals surface area contributed by atoms with Crippen LogP contribution in [0.1, 0.15) is 15.9 Å². The Morgan fingerprint density at radius 2 is 1.86 bits per heavy atom. The first-order valence-corrected chi connectivity index (χ1v) is 7.63. The van der Waals surface area contributed by atoms with Crippen LogP contribution in [0.3, 0.4) is 0 Å². The van der Waals surface area contributed by atoms with Crippen molar-refractivity contribution in [1.29, 1.82) is 0 Å². The average Bonchev–Trinajstić information content (AvgIpc) is 2.84. The van der Waals surface area contributed by atoms with Crippen molar-refractivity contribution < 1.29 is 26.7 Å². The van der Waals surface area contributed by atoms with Crippen LogP contribution < -0.4 is 4.72 Å². The smallest absolute Gasteiger partial charge is 0.338 e. The lowest BCUT2D eigenvalue weighted by molar-refractivity contribution is 0.0535. The van der Waals surface area contributed by atoms with Crippen molar-refractivity contribution in [2.45, 2.75) is 11.5 Å². The van der Waals surface area contributed by atoms with Gasteiger partial charge in [0.05, 0.1) is 16.1 Å². The van der Waals surface area contributed by atoms with Crippen LogP contribution in [0.4, 0.5) is 14.5 Å². The van der Waals surface area contributed by atoms with E-state index >= 15 is 0 Å². The first kappa shape index (κ1) is 14.5. The van der Waals surface area contributed by atoms with Crippen LogP contribution in [0.5, 0.6) is 0 Å². The minimum atomic E-state index is -4.16. The van der Waals surface area contributed by atoms with E-state index in [-0.39, 0.29) is 17.1 Å². The van der Waals surface area contributed by atoms with Gasteiger partial charge in [0.15, 0.2) is 0 Å². The Labute approximate surface area is 124 Å². The number of carbonyl (C=O) groups is 1. The summed E-state index contributed by atoms with van der Waals surface area (Å²) in [6.45, 7) is 0.0838. The van der Waals surface area contributed by atoms with Gasteiger partial charge in [-0.05, 0) is 24.3 Å². The molecule has 0 saturated heterocycles. The lowest BCUT2D eigenvalue weighted by atomic mass is 10.1. The van der Waals surface area contributed by atoms with Crippen molar-refractivity contribution >= 4 is 21.7 Å². The standard InChI is InChI=1S/C14H9F2NO4S/c15-9-2-4-12(16)13(5-9)17-22(19,20)10-3-1-8-7-21-14(18)11(8)6-10/h1-6,17H,7H2. The number of hydrogen-bond donors (Lipinski definition) is 1. The second-order valence-electron chi connectivity index (χ2n) is 4.62. The molecule has 2 aromatic rings. The number of rotatable bonds is 3. The van der Waals surface area contributed by atoms with Gasteiger partial charge < -0.3 is 4.74 Å². The molecule has 5 nitrogen and oxygen atoms in total. The van der Waals surface area contributed by atoms with Crippen LogP contribution in [0, 0.1) is 11.6 Å². The van der Waals surface area contributed by atoms with Crippen molar-refractivity contribution in [2.75, 3.05) is 4.72 Å². The molecule has 1 aliphatic rings. The first-order chi connectivity index (χ1) is 10.4. The van der Waals surface area contributed by atoms with E-state index in [2.05, 4.69) is 0 Å². The Kier molecular flexibility index (Phi) is 3.32. The number of sulfonamides is 1. The highest BCUT2D eigenvalue weighted by Crippen LogP contribution is 2.25. The quantitative estimate of drug-likeness (QED) is 0.880. The molecule has 0 bridgehead atoms. The van der Waals surface area contributed by atoms with Crippen LogP contribution in [0.15, 0.2) is 41.3 Å². The van der Waals surface area contributed by atoms with Gasteiger partial charge in [0, 0.05) is 11.6 Å². The topological polar surface area (TPSA) is 72.5 Å². The monoisotopic (exact) mass is 325 g/mol. The summed E-state index contributed by atoms with van der Waals surface area (Å²) in [4.78, 5) is 11.2. The van der Waals surface area contributed by atoms with Crippen LogP contribution >= 0.6 is 0 Å². The highest BCUT2D eigenvalue weighted by atomic mass is 32.2. The SMILES string of the molecule is O=C1OCc2ccc(S(=O)(=O)Nc3cc(F)ccc3F)cc21. The lowest BCUT2D eigenvalue weighted by Crippen LogP contribution is -2.14. The van der Waals surface area contributed by atoms with Gasteiger partial charge in [0.25, 0.3) is 10.0 Å². The van der Waals surface area contributed by atoms with Crippen LogP contribution in [0.25, 0.3) is 0 Å². The van der Waals surface area contributed by atoms with Gasteiger partial charge >= 0.3 is 5.97 Å². The number of cyclic esters (lactones) is 1. The van der Waals surface area contributed by atoms with Crippen LogP contribution in [-0.2, 0) is 21.4 Å². The number of benzene rings is 2. The normalized spacial score (nSPS) is 13.6. The van der Waals surface area contributed by atoms with Gasteiger partial charge in [-0.2, -0.15) is 0 Å². The number of hydrogen-bond acceptors (Lipinski definition) is 4. The second-order valence-corrected chi connectivity index (χ2v) is 6.31. The van der Waals surface area contributed by atoms with Crippen LogP contribution in [0.2, 0.25) is 0 Å². The van der Waals surface area contributed by atoms with Gasteiger partial charge in [0.1, 0.15) is 18.2 Å². The van der Waals surface area contributed by atoms with E-state index < -0.39 is 33.3 Å². The van der Waals surface area contributed by atoms with E-state index in [4.69, 9.17) is 4.74 Å². The maximum Gasteiger partial charge on any atom is 0.338 e. The molecule has 22 heavy (non-hydrogen) atoms. The minimum Gasteiger partial charge on any atom is -0.457 e. The number of fused-ring (bicyclic) bond motifs is 1. The summed E-state index contributed by atoms with van der Waals surface area (Å²) < 4.78 is 57.8. The molecule has 2 aromatic carbocycles. The van der Waals surface area contributed by atoms with Gasteiger partial charge in [-0.3, -0.25) is 4.72 Å². The summed E-state index contributed by atoms with van der Waals surface area (Å²) in [6.07, 6.45) is 0. The Morgan fingerprint density at radius 1 is 1.09 bits per heavy atom. The molecule has 0 saturated carbocycles. The predicted octanol–water partition coefficient (Wildman–Crippen LogP) is 2.44. The zero-order chi connectivity index (χ0) is 15.9. The Balaban J connectivity index is 1.99. The molecule has 0 radical (unpaired) electrons. The Bertz CT molecular complexity index is 880. The van der Waals surface area contributed by atoms with Crippen molar-refractivity contribution in [3.63, 3.8) is 0 Å². The summed E-state index contributed by atoms with van der Waals surface area (Å²) in [5, 5.41) is 0. The number of esters is 1. The molecule has 0 unspecified atom stereocenters. The number of halogens is 2. The third-order valence-electron chi connectivity index (χ3n) is 3.14. The molecule has 0 atom stereocenters. The fourth-order valence-corrected chi connectivity index (χ4v) is 3.12. The summed E-state index contributed by atoms with van der Waals surface area (Å²) in [6, 6.07) is 6.27. The fourth-order valence-electron chi connectivity index (χ4n) is 2.04. The maximum absolute atomic E-state index is 13.5. The molecular formula is C14H9F2NO4S. The van der Waals surface area contributed by atoms with E-state index in [1.807, 2.05) is 4.72 Å². The van der Waals surface area contributed by atoms with Crippen molar-refractivity contribution in [3.8, 4) is 0 Å². The Morgan fingerprint density at radius 3 is 2.64 bits per heavy atom. The molecule has 0 amide bonds. The minimum absolute atomic E-state index is 0.0838. The summed E-state index contributed by atoms with van der Waals surface area (Å²) in [5.74, 6) is -2.31. The molecule has 0 aromatic heterocycles. The summed E-state index contributed by atoms with van der Waals surface area (Å²) >= 11 is 0. The lowest BCUT2D eigenvalue weighted by Gasteiger charge is -2.09. The highest BCUT2D eigenvalue weighted by Gasteiger charge is 2.25. The van der Waals surface area contributed by atoms with E-state index in [0.29, 0.717) is 5.56 Å². The number of nitrogens with one attached hydrogen (secondary N) is 1. The average molecular weight is 325 g/mol. The molecule has 1 heterocycles. The number of anilines is 1. The zero-order valence-corrected chi connectivity index (χ0v) is 11.8. The molecule has 0 fully saturated rings.